The van der Waals surface area contributed by atoms with E-state index < -0.39 is 12.1 Å². The molecule has 8 heteroatoms. The van der Waals surface area contributed by atoms with Crippen LogP contribution < -0.4 is 10.6 Å². The molecule has 8 nitrogen and oxygen atoms in total. The monoisotopic (exact) mass is 411 g/mol. The third-order valence-electron chi connectivity index (χ3n) is 6.22. The van der Waals surface area contributed by atoms with Gasteiger partial charge in [-0.3, -0.25) is 19.4 Å². The molecule has 1 aromatic heterocycles. The summed E-state index contributed by atoms with van der Waals surface area (Å²) < 4.78 is 0. The first kappa shape index (κ1) is 20.4. The van der Waals surface area contributed by atoms with Crippen molar-refractivity contribution < 1.29 is 14.4 Å². The predicted octanol–water partition coefficient (Wildman–Crippen LogP) is 1.62. The third kappa shape index (κ3) is 4.18. The van der Waals surface area contributed by atoms with Gasteiger partial charge >= 0.3 is 6.03 Å². The molecule has 2 fully saturated rings. The first-order chi connectivity index (χ1) is 14.6. The van der Waals surface area contributed by atoms with E-state index in [1.807, 2.05) is 30.5 Å². The number of likely N-dealkylation sites (N-methyl/N-ethyl adjacent to an activating group) is 1. The summed E-state index contributed by atoms with van der Waals surface area (Å²) in [7, 11) is 0. The number of nitrogens with zero attached hydrogens (tertiary/aromatic N) is 2. The average Bonchev–Trinajstić information content (AvgIpc) is 3.44. The highest BCUT2D eigenvalue weighted by Crippen LogP contribution is 2.20. The number of urea groups is 1. The molecule has 0 spiro atoms. The number of hydrogen-bond donors (Lipinski definition) is 3. The number of likely N-dealkylation sites (tertiary alicyclic amines) is 1. The van der Waals surface area contributed by atoms with E-state index in [0.29, 0.717) is 19.0 Å². The Morgan fingerprint density at radius 3 is 2.93 bits per heavy atom. The third-order valence-corrected chi connectivity index (χ3v) is 6.22. The van der Waals surface area contributed by atoms with E-state index in [1.165, 1.54) is 4.90 Å². The number of nitrogens with one attached hydrogen (secondary N) is 3. The van der Waals surface area contributed by atoms with E-state index >= 15 is 0 Å². The normalized spacial score (nSPS) is 22.1. The zero-order chi connectivity index (χ0) is 21.1. The molecular weight excluding hydrogens is 382 g/mol. The minimum absolute atomic E-state index is 0.0208. The van der Waals surface area contributed by atoms with Gasteiger partial charge in [0.25, 0.3) is 5.91 Å². The Hall–Kier alpha value is -2.87. The number of imide groups is 1. The van der Waals surface area contributed by atoms with Crippen molar-refractivity contribution in [3.05, 3.63) is 36.0 Å². The Balaban J connectivity index is 1.28. The van der Waals surface area contributed by atoms with Crippen LogP contribution in [0.2, 0.25) is 0 Å². The van der Waals surface area contributed by atoms with Gasteiger partial charge in [0, 0.05) is 36.2 Å². The molecule has 2 aliphatic rings. The molecule has 4 amide bonds. The van der Waals surface area contributed by atoms with Crippen molar-refractivity contribution in [2.75, 3.05) is 26.2 Å². The molecule has 2 atom stereocenters. The molecule has 2 aliphatic heterocycles. The smallest absolute Gasteiger partial charge is 0.324 e. The number of H-pyrrole nitrogens is 1. The second-order valence-electron chi connectivity index (χ2n) is 8.03. The van der Waals surface area contributed by atoms with Crippen LogP contribution in [0.1, 0.15) is 31.7 Å². The van der Waals surface area contributed by atoms with E-state index in [4.69, 9.17) is 0 Å². The van der Waals surface area contributed by atoms with Crippen molar-refractivity contribution in [2.45, 2.75) is 44.7 Å². The zero-order valence-corrected chi connectivity index (χ0v) is 17.3. The molecule has 0 bridgehead atoms. The van der Waals surface area contributed by atoms with Gasteiger partial charge in [0.15, 0.2) is 0 Å². The van der Waals surface area contributed by atoms with Crippen molar-refractivity contribution in [1.82, 2.24) is 25.4 Å². The molecule has 1 aromatic carbocycles. The lowest BCUT2D eigenvalue weighted by atomic mass is 10.1. The van der Waals surface area contributed by atoms with Crippen LogP contribution >= 0.6 is 0 Å². The molecular formula is C22H29N5O3. The van der Waals surface area contributed by atoms with Crippen molar-refractivity contribution in [3.8, 4) is 0 Å². The van der Waals surface area contributed by atoms with Crippen LogP contribution in [0.3, 0.4) is 0 Å². The highest BCUT2D eigenvalue weighted by atomic mass is 16.2. The topological polar surface area (TPSA) is 97.5 Å². The van der Waals surface area contributed by atoms with Crippen molar-refractivity contribution >= 4 is 28.7 Å². The molecule has 0 radical (unpaired) electrons. The van der Waals surface area contributed by atoms with Crippen LogP contribution in [0, 0.1) is 0 Å². The summed E-state index contributed by atoms with van der Waals surface area (Å²) in [6, 6.07) is 7.09. The summed E-state index contributed by atoms with van der Waals surface area (Å²) in [5.74, 6) is -0.527. The molecule has 0 aliphatic carbocycles. The number of fused-ring (bicyclic) bond motifs is 1. The molecule has 2 aromatic rings. The fourth-order valence-electron chi connectivity index (χ4n) is 4.53. The highest BCUT2D eigenvalue weighted by Gasteiger charge is 2.38. The van der Waals surface area contributed by atoms with E-state index in [-0.39, 0.29) is 24.8 Å². The van der Waals surface area contributed by atoms with Crippen molar-refractivity contribution in [3.63, 3.8) is 0 Å². The Labute approximate surface area is 176 Å². The Kier molecular flexibility index (Phi) is 6.03. The second-order valence-corrected chi connectivity index (χ2v) is 8.03. The molecule has 160 valence electrons. The SMILES string of the molecule is CCN1CCC[C@@H]1CNC(=O)C[C@H]1NC(=O)N(CCc2c[nH]c3ccccc23)C1=O. The molecule has 3 heterocycles. The van der Waals surface area contributed by atoms with Crippen LogP contribution in [0.4, 0.5) is 4.79 Å². The van der Waals surface area contributed by atoms with E-state index in [1.54, 1.807) is 0 Å². The van der Waals surface area contributed by atoms with Gasteiger partial charge in [-0.05, 0) is 44.0 Å². The fraction of sp³-hybridized carbons (Fsp3) is 0.500. The van der Waals surface area contributed by atoms with Crippen LogP contribution in [-0.2, 0) is 16.0 Å². The van der Waals surface area contributed by atoms with Crippen LogP contribution in [0.15, 0.2) is 30.5 Å². The van der Waals surface area contributed by atoms with E-state index in [9.17, 15) is 14.4 Å². The number of para-hydroxylation sites is 1. The number of aromatic amines is 1. The van der Waals surface area contributed by atoms with Gasteiger partial charge in [-0.1, -0.05) is 25.1 Å². The molecule has 0 saturated carbocycles. The van der Waals surface area contributed by atoms with Crippen LogP contribution in [0.5, 0.6) is 0 Å². The quantitative estimate of drug-likeness (QED) is 0.575. The summed E-state index contributed by atoms with van der Waals surface area (Å²) in [5, 5.41) is 6.68. The predicted molar refractivity (Wildman–Crippen MR) is 114 cm³/mol. The summed E-state index contributed by atoms with van der Waals surface area (Å²) in [4.78, 5) is 44.1. The summed E-state index contributed by atoms with van der Waals surface area (Å²) >= 11 is 0. The summed E-state index contributed by atoms with van der Waals surface area (Å²) in [6.07, 6.45) is 4.69. The molecule has 3 N–H and O–H groups in total. The summed E-state index contributed by atoms with van der Waals surface area (Å²) in [5.41, 5.74) is 2.09. The van der Waals surface area contributed by atoms with Crippen LogP contribution in [0.25, 0.3) is 10.9 Å². The van der Waals surface area contributed by atoms with Gasteiger partial charge < -0.3 is 15.6 Å². The standard InChI is InChI=1S/C22H29N5O3/c1-2-26-10-5-6-16(26)14-24-20(28)12-19-21(29)27(22(30)25-19)11-9-15-13-23-18-8-4-3-7-17(15)18/h3-4,7-8,13,16,19,23H,2,5-6,9-12,14H2,1H3,(H,24,28)(H,25,30)/t16-,19-/m1/s1. The van der Waals surface area contributed by atoms with Crippen molar-refractivity contribution in [1.29, 1.82) is 0 Å². The molecule has 2 saturated heterocycles. The highest BCUT2D eigenvalue weighted by molar-refractivity contribution is 6.05. The molecule has 30 heavy (non-hydrogen) atoms. The molecule has 0 unspecified atom stereocenters. The van der Waals surface area contributed by atoms with Crippen molar-refractivity contribution in [2.24, 2.45) is 0 Å². The number of carbonyl (C=O) groups excluding carboxylic acids is 3. The fourth-order valence-corrected chi connectivity index (χ4v) is 4.53. The molecule has 4 rings (SSSR count). The van der Waals surface area contributed by atoms with Gasteiger partial charge in [-0.25, -0.2) is 4.79 Å². The lowest BCUT2D eigenvalue weighted by Crippen LogP contribution is -2.42. The number of amides is 4. The Morgan fingerprint density at radius 2 is 2.10 bits per heavy atom. The maximum absolute atomic E-state index is 12.7. The number of rotatable bonds is 8. The second kappa shape index (κ2) is 8.87. The van der Waals surface area contributed by atoms with Gasteiger partial charge in [-0.15, -0.1) is 0 Å². The number of aromatic nitrogens is 1. The minimum atomic E-state index is -0.786. The number of benzene rings is 1. The van der Waals surface area contributed by atoms with Crippen LogP contribution in [-0.4, -0.2) is 70.9 Å². The lowest BCUT2D eigenvalue weighted by Gasteiger charge is -2.23. The van der Waals surface area contributed by atoms with Gasteiger partial charge in [-0.2, -0.15) is 0 Å². The largest absolute Gasteiger partial charge is 0.361 e. The Morgan fingerprint density at radius 1 is 1.27 bits per heavy atom. The van der Waals surface area contributed by atoms with Gasteiger partial charge in [0.1, 0.15) is 6.04 Å². The Bertz CT molecular complexity index is 940. The van der Waals surface area contributed by atoms with E-state index in [2.05, 4.69) is 27.4 Å². The first-order valence-electron chi connectivity index (χ1n) is 10.7. The lowest BCUT2D eigenvalue weighted by molar-refractivity contribution is -0.130. The maximum Gasteiger partial charge on any atom is 0.324 e. The average molecular weight is 412 g/mol. The van der Waals surface area contributed by atoms with Gasteiger partial charge in [0.2, 0.25) is 5.91 Å². The number of carbonyl (C=O) groups is 3. The van der Waals surface area contributed by atoms with Gasteiger partial charge in [0.05, 0.1) is 6.42 Å². The number of hydrogen-bond acceptors (Lipinski definition) is 4. The van der Waals surface area contributed by atoms with E-state index in [0.717, 1.165) is 42.4 Å². The first-order valence-corrected chi connectivity index (χ1v) is 10.7. The summed E-state index contributed by atoms with van der Waals surface area (Å²) in [6.45, 7) is 5.05. The maximum atomic E-state index is 12.7. The zero-order valence-electron chi connectivity index (χ0n) is 17.3. The minimum Gasteiger partial charge on any atom is -0.361 e.